The fourth-order valence-electron chi connectivity index (χ4n) is 2.97. The molecule has 0 aliphatic rings. The second kappa shape index (κ2) is 7.80. The smallest absolute Gasteiger partial charge is 0.237 e. The summed E-state index contributed by atoms with van der Waals surface area (Å²) in [5.41, 5.74) is 1.42. The van der Waals surface area contributed by atoms with Crippen LogP contribution in [0.15, 0.2) is 23.1 Å². The fraction of sp³-hybridized carbons (Fsp3) is 0.444. The van der Waals surface area contributed by atoms with Crippen molar-refractivity contribution >= 4 is 5.52 Å². The molecule has 4 aromatic rings. The molecule has 2 N–H and O–H groups in total. The molecule has 4 heterocycles. The number of rotatable bonds is 8. The van der Waals surface area contributed by atoms with Gasteiger partial charge in [0.15, 0.2) is 17.3 Å². The molecule has 4 rings (SSSR count). The lowest BCUT2D eigenvalue weighted by atomic mass is 9.87. The molecule has 12 heteroatoms. The van der Waals surface area contributed by atoms with Crippen molar-refractivity contribution < 1.29 is 19.5 Å². The van der Waals surface area contributed by atoms with Crippen LogP contribution >= 0.6 is 0 Å². The Morgan fingerprint density at radius 1 is 1.27 bits per heavy atom. The van der Waals surface area contributed by atoms with E-state index in [0.29, 0.717) is 40.9 Å². The van der Waals surface area contributed by atoms with Gasteiger partial charge in [0.2, 0.25) is 11.7 Å². The Labute approximate surface area is 171 Å². The van der Waals surface area contributed by atoms with Crippen LogP contribution < -0.4 is 4.74 Å². The van der Waals surface area contributed by atoms with Crippen LogP contribution in [0.2, 0.25) is 0 Å². The van der Waals surface area contributed by atoms with Gasteiger partial charge in [-0.2, -0.15) is 10.2 Å². The highest BCUT2D eigenvalue weighted by atomic mass is 16.5. The van der Waals surface area contributed by atoms with Gasteiger partial charge >= 0.3 is 0 Å². The fourth-order valence-corrected chi connectivity index (χ4v) is 2.97. The summed E-state index contributed by atoms with van der Waals surface area (Å²) in [6, 6.07) is 1.57. The zero-order valence-electron chi connectivity index (χ0n) is 16.8. The van der Waals surface area contributed by atoms with Gasteiger partial charge in [-0.25, -0.2) is 9.50 Å². The summed E-state index contributed by atoms with van der Waals surface area (Å²) in [7, 11) is 1.78. The molecule has 0 atom stereocenters. The van der Waals surface area contributed by atoms with Crippen molar-refractivity contribution in [3.8, 4) is 17.4 Å². The van der Waals surface area contributed by atoms with E-state index in [2.05, 4.69) is 30.5 Å². The molecular weight excluding hydrogens is 392 g/mol. The van der Waals surface area contributed by atoms with Gasteiger partial charge in [-0.05, 0) is 11.8 Å². The van der Waals surface area contributed by atoms with E-state index in [0.717, 1.165) is 5.56 Å². The first kappa shape index (κ1) is 19.9. The number of nitrogens with zero attached hydrogens (tertiary/aromatic N) is 8. The second-order valence-electron chi connectivity index (χ2n) is 7.67. The monoisotopic (exact) mass is 414 g/mol. The van der Waals surface area contributed by atoms with Crippen LogP contribution in [-0.2, 0) is 26.7 Å². The summed E-state index contributed by atoms with van der Waals surface area (Å²) in [5.74, 6) is 1.66. The van der Waals surface area contributed by atoms with Gasteiger partial charge in [-0.3, -0.25) is 4.68 Å². The first-order chi connectivity index (χ1) is 14.4. The molecule has 0 saturated heterocycles. The zero-order chi connectivity index (χ0) is 21.3. The predicted molar refractivity (Wildman–Crippen MR) is 102 cm³/mol. The summed E-state index contributed by atoms with van der Waals surface area (Å²) in [4.78, 5) is 4.16. The Morgan fingerprint density at radius 2 is 2.10 bits per heavy atom. The van der Waals surface area contributed by atoms with Gasteiger partial charge in [0, 0.05) is 25.3 Å². The summed E-state index contributed by atoms with van der Waals surface area (Å²) in [5, 5.41) is 39.8. The van der Waals surface area contributed by atoms with E-state index in [1.807, 2.05) is 13.8 Å². The van der Waals surface area contributed by atoms with E-state index in [1.54, 1.807) is 28.5 Å². The highest BCUT2D eigenvalue weighted by Crippen LogP contribution is 2.32. The lowest BCUT2D eigenvalue weighted by Crippen LogP contribution is -2.20. The van der Waals surface area contributed by atoms with E-state index in [9.17, 15) is 10.2 Å². The number of aliphatic hydroxyl groups is 2. The molecule has 0 aromatic carbocycles. The number of hydrogen-bond acceptors (Lipinski definition) is 10. The van der Waals surface area contributed by atoms with E-state index >= 15 is 0 Å². The minimum Gasteiger partial charge on any atom is -0.468 e. The first-order valence-corrected chi connectivity index (χ1v) is 9.28. The Morgan fingerprint density at radius 3 is 2.77 bits per heavy atom. The van der Waals surface area contributed by atoms with Gasteiger partial charge in [-0.1, -0.05) is 19.0 Å². The highest BCUT2D eigenvalue weighted by molar-refractivity contribution is 5.63. The van der Waals surface area contributed by atoms with Crippen molar-refractivity contribution in [2.24, 2.45) is 12.5 Å². The molecule has 12 nitrogen and oxygen atoms in total. The Balaban J connectivity index is 1.79. The maximum absolute atomic E-state index is 9.77. The molecule has 158 valence electrons. The van der Waals surface area contributed by atoms with Crippen LogP contribution in [0.4, 0.5) is 0 Å². The number of aliphatic hydroxyl groups excluding tert-OH is 2. The van der Waals surface area contributed by atoms with E-state index in [1.165, 1.54) is 6.33 Å². The predicted octanol–water partition coefficient (Wildman–Crippen LogP) is 0.540. The highest BCUT2D eigenvalue weighted by Gasteiger charge is 2.26. The molecule has 0 radical (unpaired) electrons. The van der Waals surface area contributed by atoms with Crippen LogP contribution in [-0.4, -0.2) is 56.6 Å². The van der Waals surface area contributed by atoms with Gasteiger partial charge in [0.1, 0.15) is 19.5 Å². The van der Waals surface area contributed by atoms with Crippen molar-refractivity contribution in [2.75, 3.05) is 6.61 Å². The quantitative estimate of drug-likeness (QED) is 0.418. The molecule has 0 bridgehead atoms. The van der Waals surface area contributed by atoms with Crippen LogP contribution in [0, 0.1) is 5.41 Å². The third-order valence-electron chi connectivity index (χ3n) is 4.69. The van der Waals surface area contributed by atoms with Crippen molar-refractivity contribution in [3.05, 3.63) is 35.7 Å². The first-order valence-electron chi connectivity index (χ1n) is 9.28. The van der Waals surface area contributed by atoms with Gasteiger partial charge in [0.05, 0.1) is 11.7 Å². The Kier molecular flexibility index (Phi) is 5.18. The average Bonchev–Trinajstić information content (AvgIpc) is 3.45. The second-order valence-corrected chi connectivity index (χ2v) is 7.67. The van der Waals surface area contributed by atoms with Gasteiger partial charge < -0.3 is 19.5 Å². The van der Waals surface area contributed by atoms with Crippen molar-refractivity contribution in [3.63, 3.8) is 0 Å². The maximum Gasteiger partial charge on any atom is 0.237 e. The van der Waals surface area contributed by atoms with Crippen LogP contribution in [0.5, 0.6) is 5.88 Å². The van der Waals surface area contributed by atoms with E-state index < -0.39 is 5.41 Å². The number of hydrogen-bond donors (Lipinski definition) is 2. The maximum atomic E-state index is 9.77. The molecular formula is C18H22N8O4. The molecule has 0 aliphatic carbocycles. The SMILES string of the molecule is Cn1ncnc1COc1nn2c(-c3cc(CO)on3)nncc2c1CC(C)(C)CO. The Hall–Kier alpha value is -3.38. The van der Waals surface area contributed by atoms with Crippen LogP contribution in [0.3, 0.4) is 0 Å². The molecule has 0 amide bonds. The molecule has 0 fully saturated rings. The largest absolute Gasteiger partial charge is 0.468 e. The molecule has 0 saturated carbocycles. The number of aryl methyl sites for hydroxylation is 1. The summed E-state index contributed by atoms with van der Waals surface area (Å²) in [6.07, 6.45) is 3.53. The number of fused-ring (bicyclic) bond motifs is 1. The minimum atomic E-state index is -0.409. The van der Waals surface area contributed by atoms with Gasteiger partial charge in [-0.15, -0.1) is 10.2 Å². The number of aromatic nitrogens is 8. The summed E-state index contributed by atoms with van der Waals surface area (Å²) >= 11 is 0. The molecule has 0 unspecified atom stereocenters. The molecule has 4 aromatic heterocycles. The average molecular weight is 414 g/mol. The molecule has 0 spiro atoms. The minimum absolute atomic E-state index is 0.0123. The topological polar surface area (TPSA) is 150 Å². The van der Waals surface area contributed by atoms with Crippen molar-refractivity contribution in [2.45, 2.75) is 33.5 Å². The van der Waals surface area contributed by atoms with Crippen LogP contribution in [0.1, 0.15) is 31.0 Å². The van der Waals surface area contributed by atoms with Crippen molar-refractivity contribution in [1.29, 1.82) is 0 Å². The molecule has 0 aliphatic heterocycles. The zero-order valence-corrected chi connectivity index (χ0v) is 16.8. The standard InChI is InChI=1S/C18H22N8O4/c1-18(2,9-28)5-12-14-6-20-22-16(13-4-11(7-27)30-24-13)26(14)23-17(12)29-8-15-19-10-21-25(15)3/h4,6,10,27-28H,5,7-9H2,1-3H3. The van der Waals surface area contributed by atoms with E-state index in [4.69, 9.17) is 9.26 Å². The summed E-state index contributed by atoms with van der Waals surface area (Å²) < 4.78 is 14.2. The normalized spacial score (nSPS) is 12.0. The van der Waals surface area contributed by atoms with E-state index in [-0.39, 0.29) is 19.8 Å². The lowest BCUT2D eigenvalue weighted by molar-refractivity contribution is 0.158. The van der Waals surface area contributed by atoms with Crippen molar-refractivity contribution in [1.82, 2.24) is 39.7 Å². The third kappa shape index (κ3) is 3.74. The van der Waals surface area contributed by atoms with Gasteiger partial charge in [0.25, 0.3) is 0 Å². The summed E-state index contributed by atoms with van der Waals surface area (Å²) in [6.45, 7) is 3.77. The lowest BCUT2D eigenvalue weighted by Gasteiger charge is -2.21. The number of ether oxygens (including phenoxy) is 1. The molecule has 30 heavy (non-hydrogen) atoms. The van der Waals surface area contributed by atoms with Crippen LogP contribution in [0.25, 0.3) is 17.0 Å². The third-order valence-corrected chi connectivity index (χ3v) is 4.69. The Bertz CT molecular complexity index is 1160.